The van der Waals surface area contributed by atoms with Crippen LogP contribution in [-0.4, -0.2) is 84.1 Å². The molecule has 272 valence electrons. The van der Waals surface area contributed by atoms with Crippen molar-refractivity contribution in [3.8, 4) is 0 Å². The van der Waals surface area contributed by atoms with E-state index in [1.54, 1.807) is 0 Å². The first-order valence-corrected chi connectivity index (χ1v) is 27.0. The van der Waals surface area contributed by atoms with E-state index in [-0.39, 0.29) is 5.92 Å². The minimum absolute atomic E-state index is 0.256. The molecule has 0 bridgehead atoms. The highest BCUT2D eigenvalue weighted by Gasteiger charge is 2.46. The Morgan fingerprint density at radius 3 is 1.04 bits per heavy atom. The van der Waals surface area contributed by atoms with Gasteiger partial charge in [-0.25, -0.2) is 0 Å². The normalized spacial score (nSPS) is 15.4. The van der Waals surface area contributed by atoms with Gasteiger partial charge in [0.15, 0.2) is 16.6 Å². The Hall–Kier alpha value is -2.01. The molecule has 49 heavy (non-hydrogen) atoms. The molecule has 3 atom stereocenters. The fraction of sp³-hybridized carbons (Fsp3) is 0.526. The Balaban J connectivity index is 1.95. The predicted molar refractivity (Wildman–Crippen MR) is 216 cm³/mol. The smallest absolute Gasteiger partial charge is 0.315 e. The Morgan fingerprint density at radius 1 is 0.469 bits per heavy atom. The van der Waals surface area contributed by atoms with Crippen LogP contribution in [0.15, 0.2) is 91.0 Å². The second kappa shape index (κ2) is 21.4. The molecule has 3 rings (SSSR count). The molecule has 0 spiro atoms. The van der Waals surface area contributed by atoms with Crippen LogP contribution in [0.2, 0.25) is 50.9 Å². The molecule has 3 aromatic carbocycles. The van der Waals surface area contributed by atoms with E-state index in [4.69, 9.17) is 25.4 Å². The molecule has 3 aromatic rings. The van der Waals surface area contributed by atoms with Crippen LogP contribution in [0.25, 0.3) is 0 Å². The molecule has 8 nitrogen and oxygen atoms in total. The van der Waals surface area contributed by atoms with Crippen molar-refractivity contribution >= 4 is 25.2 Å². The SMILES string of the molecule is C[Si](C)(CC(CNCCN)c1ccccc1)O[Si](C)(CC(CNCCN)c1ccccc1)O[Si](C)(C)CC(CNCCN)c1ccccc1. The highest BCUT2D eigenvalue weighted by molar-refractivity contribution is 6.88. The third kappa shape index (κ3) is 15.4. The fourth-order valence-corrected chi connectivity index (χ4v) is 22.9. The highest BCUT2D eigenvalue weighted by Crippen LogP contribution is 2.38. The van der Waals surface area contributed by atoms with E-state index in [9.17, 15) is 0 Å². The summed E-state index contributed by atoms with van der Waals surface area (Å²) in [5, 5.41) is 10.8. The van der Waals surface area contributed by atoms with Gasteiger partial charge in [-0.3, -0.25) is 0 Å². The van der Waals surface area contributed by atoms with E-state index in [2.05, 4.69) is 140 Å². The molecule has 0 aliphatic heterocycles. The number of benzene rings is 3. The van der Waals surface area contributed by atoms with Crippen molar-refractivity contribution in [2.45, 2.75) is 68.6 Å². The monoisotopic (exact) mass is 722 g/mol. The number of hydrogen-bond acceptors (Lipinski definition) is 8. The van der Waals surface area contributed by atoms with Gasteiger partial charge in [-0.2, -0.15) is 0 Å². The van der Waals surface area contributed by atoms with Crippen LogP contribution in [0.3, 0.4) is 0 Å². The number of hydrogen-bond donors (Lipinski definition) is 6. The first-order chi connectivity index (χ1) is 23.5. The molecule has 3 unspecified atom stereocenters. The summed E-state index contributed by atoms with van der Waals surface area (Å²) < 4.78 is 15.2. The number of rotatable bonds is 25. The van der Waals surface area contributed by atoms with Gasteiger partial charge in [0, 0.05) is 58.9 Å². The molecule has 0 saturated heterocycles. The molecule has 0 fully saturated rings. The first kappa shape index (κ1) is 41.4. The van der Waals surface area contributed by atoms with Crippen molar-refractivity contribution in [2.24, 2.45) is 17.2 Å². The van der Waals surface area contributed by atoms with E-state index in [0.29, 0.717) is 31.5 Å². The fourth-order valence-electron chi connectivity index (χ4n) is 7.23. The predicted octanol–water partition coefficient (Wildman–Crippen LogP) is 5.50. The van der Waals surface area contributed by atoms with E-state index in [1.807, 2.05) is 0 Å². The van der Waals surface area contributed by atoms with E-state index >= 15 is 0 Å². The Kier molecular flexibility index (Phi) is 18.1. The van der Waals surface area contributed by atoms with Crippen molar-refractivity contribution in [3.05, 3.63) is 108 Å². The van der Waals surface area contributed by atoms with Crippen LogP contribution in [0.5, 0.6) is 0 Å². The number of nitrogens with one attached hydrogen (secondary N) is 3. The van der Waals surface area contributed by atoms with Crippen LogP contribution in [0.1, 0.15) is 34.4 Å². The van der Waals surface area contributed by atoms with Crippen LogP contribution in [-0.2, 0) is 8.23 Å². The van der Waals surface area contributed by atoms with Crippen LogP contribution < -0.4 is 33.2 Å². The molecule has 9 N–H and O–H groups in total. The summed E-state index contributed by atoms with van der Waals surface area (Å²) in [6.45, 7) is 18.8. The van der Waals surface area contributed by atoms with Crippen molar-refractivity contribution in [1.29, 1.82) is 0 Å². The van der Waals surface area contributed by atoms with Gasteiger partial charge in [0.25, 0.3) is 0 Å². The molecule has 0 amide bonds. The third-order valence-electron chi connectivity index (χ3n) is 9.03. The maximum absolute atomic E-state index is 7.62. The average molecular weight is 723 g/mol. The minimum atomic E-state index is -2.77. The van der Waals surface area contributed by atoms with Crippen LogP contribution >= 0.6 is 0 Å². The van der Waals surface area contributed by atoms with Crippen molar-refractivity contribution < 1.29 is 8.23 Å². The molecular formula is C38H66N6O2Si3. The molecule has 0 saturated carbocycles. The van der Waals surface area contributed by atoms with Gasteiger partial charge in [0.2, 0.25) is 0 Å². The molecular weight excluding hydrogens is 657 g/mol. The van der Waals surface area contributed by atoms with Gasteiger partial charge >= 0.3 is 8.56 Å². The van der Waals surface area contributed by atoms with Gasteiger partial charge in [-0.15, -0.1) is 0 Å². The van der Waals surface area contributed by atoms with Gasteiger partial charge < -0.3 is 41.4 Å². The summed E-state index contributed by atoms with van der Waals surface area (Å²) >= 11 is 0. The van der Waals surface area contributed by atoms with Crippen LogP contribution in [0.4, 0.5) is 0 Å². The summed E-state index contributed by atoms with van der Waals surface area (Å²) in [5.41, 5.74) is 21.6. The van der Waals surface area contributed by atoms with Crippen molar-refractivity contribution in [1.82, 2.24) is 16.0 Å². The summed E-state index contributed by atoms with van der Waals surface area (Å²) in [5.74, 6) is 0.932. The topological polar surface area (TPSA) is 133 Å². The molecule has 0 radical (unpaired) electrons. The van der Waals surface area contributed by atoms with Gasteiger partial charge in [-0.1, -0.05) is 91.0 Å². The average Bonchev–Trinajstić information content (AvgIpc) is 3.07. The summed E-state index contributed by atoms with van der Waals surface area (Å²) in [6.07, 6.45) is 0. The quantitative estimate of drug-likeness (QED) is 0.0500. The highest BCUT2D eigenvalue weighted by atomic mass is 28.5. The third-order valence-corrected chi connectivity index (χ3v) is 21.1. The lowest BCUT2D eigenvalue weighted by atomic mass is 10.0. The zero-order chi connectivity index (χ0) is 35.6. The Morgan fingerprint density at radius 2 is 0.755 bits per heavy atom. The summed E-state index contributed by atoms with van der Waals surface area (Å²) in [4.78, 5) is 0. The second-order valence-corrected chi connectivity index (χ2v) is 26.9. The first-order valence-electron chi connectivity index (χ1n) is 18.3. The lowest BCUT2D eigenvalue weighted by molar-refractivity contribution is 0.364. The Labute approximate surface area is 300 Å². The maximum atomic E-state index is 7.62. The summed E-state index contributed by atoms with van der Waals surface area (Å²) in [6, 6.07) is 35.5. The van der Waals surface area contributed by atoms with Crippen LogP contribution in [0, 0.1) is 0 Å². The zero-order valence-corrected chi connectivity index (χ0v) is 33.9. The van der Waals surface area contributed by atoms with E-state index in [0.717, 1.165) is 57.4 Å². The lowest BCUT2D eigenvalue weighted by Crippen LogP contribution is -2.56. The molecule has 0 aromatic heterocycles. The van der Waals surface area contributed by atoms with E-state index in [1.165, 1.54) is 16.7 Å². The largest absolute Gasteiger partial charge is 0.436 e. The molecule has 0 aliphatic rings. The van der Waals surface area contributed by atoms with Gasteiger partial charge in [0.05, 0.1) is 0 Å². The maximum Gasteiger partial charge on any atom is 0.315 e. The minimum Gasteiger partial charge on any atom is -0.436 e. The standard InChI is InChI=1S/C38H66N6O2Si3/c1-47(2,30-36(27-42-24-21-39)33-15-9-6-10-16-33)45-49(5,32-38(29-44-26-23-41)35-19-13-8-14-20-35)46-48(3,4)31-37(28-43-25-22-40)34-17-11-7-12-18-34/h6-20,36-38,42-44H,21-32,39-41H2,1-5H3. The summed E-state index contributed by atoms with van der Waals surface area (Å²) in [7, 11) is -7.29. The van der Waals surface area contributed by atoms with Gasteiger partial charge in [-0.05, 0) is 85.3 Å². The van der Waals surface area contributed by atoms with Crippen molar-refractivity contribution in [2.75, 3.05) is 58.9 Å². The lowest BCUT2D eigenvalue weighted by Gasteiger charge is -2.44. The van der Waals surface area contributed by atoms with Crippen molar-refractivity contribution in [3.63, 3.8) is 0 Å². The zero-order valence-electron chi connectivity index (χ0n) is 30.9. The van der Waals surface area contributed by atoms with E-state index < -0.39 is 25.2 Å². The molecule has 0 heterocycles. The molecule has 11 heteroatoms. The second-order valence-electron chi connectivity index (χ2n) is 14.8. The van der Waals surface area contributed by atoms with Gasteiger partial charge in [0.1, 0.15) is 0 Å². The molecule has 0 aliphatic carbocycles. The Bertz CT molecular complexity index is 1220. The number of nitrogens with two attached hydrogens (primary N) is 3.